The smallest absolute Gasteiger partial charge is 0.262 e. The first-order chi connectivity index (χ1) is 12.1. The van der Waals surface area contributed by atoms with E-state index in [9.17, 15) is 4.79 Å². The van der Waals surface area contributed by atoms with Gasteiger partial charge in [0.25, 0.3) is 5.91 Å². The molecule has 1 aliphatic heterocycles. The Hall–Kier alpha value is -2.85. The van der Waals surface area contributed by atoms with E-state index in [0.717, 1.165) is 22.6 Å². The Bertz CT molecular complexity index is 943. The van der Waals surface area contributed by atoms with Crippen LogP contribution in [0.4, 0.5) is 11.4 Å². The molecular formula is C20H16ClN3O. The maximum Gasteiger partial charge on any atom is 0.262 e. The summed E-state index contributed by atoms with van der Waals surface area (Å²) in [5, 5.41) is 4.14. The fourth-order valence-electron chi connectivity index (χ4n) is 3.11. The van der Waals surface area contributed by atoms with Gasteiger partial charge in [-0.3, -0.25) is 14.7 Å². The predicted octanol–water partition coefficient (Wildman–Crippen LogP) is 4.81. The van der Waals surface area contributed by atoms with Gasteiger partial charge in [-0.05, 0) is 55.0 Å². The van der Waals surface area contributed by atoms with Gasteiger partial charge in [0, 0.05) is 22.6 Å². The summed E-state index contributed by atoms with van der Waals surface area (Å²) in [6, 6.07) is 18.9. The average Bonchev–Trinajstić information content (AvgIpc) is 2.91. The average molecular weight is 350 g/mol. The summed E-state index contributed by atoms with van der Waals surface area (Å²) in [5.41, 5.74) is 4.11. The number of aryl methyl sites for hydroxylation is 1. The van der Waals surface area contributed by atoms with Crippen LogP contribution >= 0.6 is 11.6 Å². The van der Waals surface area contributed by atoms with Crippen LogP contribution in [0, 0.1) is 6.92 Å². The van der Waals surface area contributed by atoms with Crippen molar-refractivity contribution in [1.29, 1.82) is 0 Å². The fourth-order valence-corrected chi connectivity index (χ4v) is 3.34. The van der Waals surface area contributed by atoms with E-state index in [1.54, 1.807) is 17.2 Å². The molecule has 4 nitrogen and oxygen atoms in total. The number of hydrogen-bond donors (Lipinski definition) is 1. The van der Waals surface area contributed by atoms with Crippen molar-refractivity contribution in [3.05, 3.63) is 88.7 Å². The number of fused-ring (bicyclic) bond motifs is 1. The van der Waals surface area contributed by atoms with Crippen molar-refractivity contribution in [1.82, 2.24) is 4.98 Å². The number of benzene rings is 2. The molecule has 0 bridgehead atoms. The number of carbonyl (C=O) groups is 1. The molecule has 0 radical (unpaired) electrons. The number of pyridine rings is 1. The molecule has 1 atom stereocenters. The zero-order valence-corrected chi connectivity index (χ0v) is 14.4. The van der Waals surface area contributed by atoms with Gasteiger partial charge < -0.3 is 5.32 Å². The Morgan fingerprint density at radius 3 is 2.64 bits per heavy atom. The molecular weight excluding hydrogens is 334 g/mol. The second-order valence-electron chi connectivity index (χ2n) is 5.95. The summed E-state index contributed by atoms with van der Waals surface area (Å²) in [6.07, 6.45) is 1.34. The van der Waals surface area contributed by atoms with E-state index < -0.39 is 0 Å². The maximum atomic E-state index is 13.0. The van der Waals surface area contributed by atoms with Crippen LogP contribution in [0.5, 0.6) is 0 Å². The van der Waals surface area contributed by atoms with Crippen LogP contribution in [0.3, 0.4) is 0 Å². The Morgan fingerprint density at radius 1 is 1.08 bits per heavy atom. The summed E-state index contributed by atoms with van der Waals surface area (Å²) in [4.78, 5) is 19.2. The molecule has 0 unspecified atom stereocenters. The number of halogens is 1. The largest absolute Gasteiger partial charge is 0.360 e. The first kappa shape index (κ1) is 15.7. The molecule has 124 valence electrons. The first-order valence-corrected chi connectivity index (χ1v) is 8.39. The number of nitrogens with zero attached hydrogens (tertiary/aromatic N) is 2. The second-order valence-corrected chi connectivity index (χ2v) is 6.39. The SMILES string of the molecule is Cc1cc(Cl)ccc1N[C@H]1c2ncccc2C(=O)N1c1ccccc1. The Kier molecular flexibility index (Phi) is 3.90. The van der Waals surface area contributed by atoms with Crippen LogP contribution in [0.1, 0.15) is 27.8 Å². The van der Waals surface area contributed by atoms with Crippen molar-refractivity contribution in [2.24, 2.45) is 0 Å². The third-order valence-electron chi connectivity index (χ3n) is 4.32. The third kappa shape index (κ3) is 2.75. The van der Waals surface area contributed by atoms with E-state index >= 15 is 0 Å². The maximum absolute atomic E-state index is 13.0. The standard InChI is InChI=1S/C20H16ClN3O/c1-13-12-14(21)9-10-17(13)23-19-18-16(8-5-11-22-18)20(25)24(19)15-6-3-2-4-7-15/h2-12,19,23H,1H3/t19-/m1/s1. The van der Waals surface area contributed by atoms with Gasteiger partial charge in [-0.2, -0.15) is 0 Å². The number of hydrogen-bond acceptors (Lipinski definition) is 3. The lowest BCUT2D eigenvalue weighted by Crippen LogP contribution is -2.32. The zero-order valence-electron chi connectivity index (χ0n) is 13.6. The highest BCUT2D eigenvalue weighted by Gasteiger charge is 2.39. The third-order valence-corrected chi connectivity index (χ3v) is 4.56. The molecule has 0 saturated heterocycles. The van der Waals surface area contributed by atoms with Gasteiger partial charge in [0.1, 0.15) is 0 Å². The number of amides is 1. The minimum Gasteiger partial charge on any atom is -0.360 e. The lowest BCUT2D eigenvalue weighted by atomic mass is 10.1. The highest BCUT2D eigenvalue weighted by molar-refractivity contribution is 6.30. The fraction of sp³-hybridized carbons (Fsp3) is 0.100. The minimum absolute atomic E-state index is 0.0570. The molecule has 0 aliphatic carbocycles. The van der Waals surface area contributed by atoms with Gasteiger partial charge in [-0.1, -0.05) is 29.8 Å². The predicted molar refractivity (Wildman–Crippen MR) is 100 cm³/mol. The van der Waals surface area contributed by atoms with Gasteiger partial charge in [0.15, 0.2) is 6.17 Å². The molecule has 1 aliphatic rings. The van der Waals surface area contributed by atoms with Crippen molar-refractivity contribution in [3.63, 3.8) is 0 Å². The Labute approximate surface area is 151 Å². The van der Waals surface area contributed by atoms with E-state index in [0.29, 0.717) is 10.6 Å². The topological polar surface area (TPSA) is 45.2 Å². The lowest BCUT2D eigenvalue weighted by molar-refractivity contribution is 0.0993. The molecule has 4 rings (SSSR count). The van der Waals surface area contributed by atoms with Crippen LogP contribution in [0.15, 0.2) is 66.9 Å². The first-order valence-electron chi connectivity index (χ1n) is 8.01. The van der Waals surface area contributed by atoms with Crippen LogP contribution < -0.4 is 10.2 Å². The molecule has 2 heterocycles. The number of anilines is 2. The highest BCUT2D eigenvalue weighted by atomic mass is 35.5. The van der Waals surface area contributed by atoms with E-state index in [4.69, 9.17) is 11.6 Å². The molecule has 3 aromatic rings. The Balaban J connectivity index is 1.80. The number of carbonyl (C=O) groups excluding carboxylic acids is 1. The summed E-state index contributed by atoms with van der Waals surface area (Å²) >= 11 is 6.06. The Morgan fingerprint density at radius 2 is 1.88 bits per heavy atom. The molecule has 0 spiro atoms. The van der Waals surface area contributed by atoms with Gasteiger partial charge in [-0.25, -0.2) is 0 Å². The monoisotopic (exact) mass is 349 g/mol. The molecule has 0 fully saturated rings. The van der Waals surface area contributed by atoms with Crippen molar-refractivity contribution >= 4 is 28.9 Å². The molecule has 5 heteroatoms. The zero-order chi connectivity index (χ0) is 17.4. The van der Waals surface area contributed by atoms with Gasteiger partial charge >= 0.3 is 0 Å². The summed E-state index contributed by atoms with van der Waals surface area (Å²) in [7, 11) is 0. The van der Waals surface area contributed by atoms with E-state index in [2.05, 4.69) is 10.3 Å². The van der Waals surface area contributed by atoms with Crippen molar-refractivity contribution in [3.8, 4) is 0 Å². The van der Waals surface area contributed by atoms with Gasteiger partial charge in [0.2, 0.25) is 0 Å². The molecule has 0 saturated carbocycles. The summed E-state index contributed by atoms with van der Waals surface area (Å²) in [6.45, 7) is 1.98. The molecule has 1 aromatic heterocycles. The van der Waals surface area contributed by atoms with Crippen molar-refractivity contribution in [2.45, 2.75) is 13.1 Å². The minimum atomic E-state index is -0.369. The highest BCUT2D eigenvalue weighted by Crippen LogP contribution is 2.37. The number of para-hydroxylation sites is 1. The second kappa shape index (κ2) is 6.22. The summed E-state index contributed by atoms with van der Waals surface area (Å²) < 4.78 is 0. The van der Waals surface area contributed by atoms with E-state index in [1.165, 1.54) is 0 Å². The van der Waals surface area contributed by atoms with Crippen molar-refractivity contribution < 1.29 is 4.79 Å². The lowest BCUT2D eigenvalue weighted by Gasteiger charge is -2.27. The molecule has 1 amide bonds. The molecule has 2 aromatic carbocycles. The van der Waals surface area contributed by atoms with E-state index in [-0.39, 0.29) is 12.1 Å². The van der Waals surface area contributed by atoms with Gasteiger partial charge in [-0.15, -0.1) is 0 Å². The van der Waals surface area contributed by atoms with Crippen molar-refractivity contribution in [2.75, 3.05) is 10.2 Å². The quantitative estimate of drug-likeness (QED) is 0.737. The van der Waals surface area contributed by atoms with Gasteiger partial charge in [0.05, 0.1) is 11.3 Å². The normalized spacial score (nSPS) is 16.0. The number of aromatic nitrogens is 1. The van der Waals surface area contributed by atoms with Crippen LogP contribution in [0.25, 0.3) is 0 Å². The van der Waals surface area contributed by atoms with Crippen LogP contribution in [0.2, 0.25) is 5.02 Å². The summed E-state index contributed by atoms with van der Waals surface area (Å²) in [5.74, 6) is -0.0570. The molecule has 1 N–H and O–H groups in total. The van der Waals surface area contributed by atoms with E-state index in [1.807, 2.05) is 61.5 Å². The molecule has 25 heavy (non-hydrogen) atoms. The number of rotatable bonds is 3. The van der Waals surface area contributed by atoms with Crippen LogP contribution in [-0.2, 0) is 0 Å². The number of nitrogens with one attached hydrogen (secondary N) is 1. The van der Waals surface area contributed by atoms with Crippen LogP contribution in [-0.4, -0.2) is 10.9 Å².